The first kappa shape index (κ1) is 16.3. The highest BCUT2D eigenvalue weighted by Crippen LogP contribution is 2.12. The molecule has 0 aliphatic rings. The van der Waals surface area contributed by atoms with Gasteiger partial charge in [-0.05, 0) is 24.4 Å². The van der Waals surface area contributed by atoms with Crippen LogP contribution in [0.1, 0.15) is 0 Å². The summed E-state index contributed by atoms with van der Waals surface area (Å²) in [5, 5.41) is 5.71. The van der Waals surface area contributed by atoms with Crippen LogP contribution >= 0.6 is 12.2 Å². The summed E-state index contributed by atoms with van der Waals surface area (Å²) in [4.78, 5) is 13.1. The summed E-state index contributed by atoms with van der Waals surface area (Å²) in [6.45, 7) is 0.980. The number of methoxy groups -OCH3 is 1. The Morgan fingerprint density at radius 3 is 2.80 bits per heavy atom. The zero-order valence-corrected chi connectivity index (χ0v) is 12.3. The second-order valence-corrected chi connectivity index (χ2v) is 4.50. The van der Waals surface area contributed by atoms with E-state index in [4.69, 9.17) is 17.0 Å². The molecule has 0 atom stereocenters. The molecule has 1 aromatic rings. The van der Waals surface area contributed by atoms with Crippen molar-refractivity contribution < 1.29 is 13.9 Å². The summed E-state index contributed by atoms with van der Waals surface area (Å²) in [5.41, 5.74) is 0.282. The number of carbonyl (C=O) groups is 1. The van der Waals surface area contributed by atoms with Gasteiger partial charge in [0.1, 0.15) is 5.82 Å². The van der Waals surface area contributed by atoms with Gasteiger partial charge in [-0.15, -0.1) is 0 Å². The molecule has 5 nitrogen and oxygen atoms in total. The molecule has 1 amide bonds. The Morgan fingerprint density at radius 2 is 2.15 bits per heavy atom. The molecule has 1 aromatic carbocycles. The molecular formula is C13H18FN3O2S. The number of nitrogens with zero attached hydrogens (tertiary/aromatic N) is 1. The van der Waals surface area contributed by atoms with Crippen LogP contribution in [-0.2, 0) is 9.53 Å². The van der Waals surface area contributed by atoms with Gasteiger partial charge < -0.3 is 20.3 Å². The van der Waals surface area contributed by atoms with Crippen molar-refractivity contribution in [2.75, 3.05) is 39.2 Å². The van der Waals surface area contributed by atoms with Crippen LogP contribution in [0.3, 0.4) is 0 Å². The van der Waals surface area contributed by atoms with Crippen LogP contribution in [-0.4, -0.2) is 49.8 Å². The number of hydrogen-bond acceptors (Lipinski definition) is 3. The molecule has 0 aromatic heterocycles. The number of carbonyl (C=O) groups excluding carboxylic acids is 1. The van der Waals surface area contributed by atoms with Crippen LogP contribution in [0.25, 0.3) is 0 Å². The SMILES string of the molecule is COCCNC(=O)CN(C)C(=S)Nc1ccccc1F. The summed E-state index contributed by atoms with van der Waals surface area (Å²) in [6.07, 6.45) is 0. The third-order valence-electron chi connectivity index (χ3n) is 2.47. The molecule has 0 saturated heterocycles. The Kier molecular flexibility index (Phi) is 6.89. The van der Waals surface area contributed by atoms with Crippen molar-refractivity contribution in [1.82, 2.24) is 10.2 Å². The number of likely N-dealkylation sites (N-methyl/N-ethyl adjacent to an activating group) is 1. The molecule has 0 spiro atoms. The lowest BCUT2D eigenvalue weighted by Crippen LogP contribution is -2.41. The maximum atomic E-state index is 13.4. The summed E-state index contributed by atoms with van der Waals surface area (Å²) >= 11 is 5.12. The molecule has 110 valence electrons. The van der Waals surface area contributed by atoms with Crippen LogP contribution in [0, 0.1) is 5.82 Å². The lowest BCUT2D eigenvalue weighted by Gasteiger charge is -2.20. The zero-order valence-electron chi connectivity index (χ0n) is 11.5. The van der Waals surface area contributed by atoms with Gasteiger partial charge in [0.15, 0.2) is 5.11 Å². The van der Waals surface area contributed by atoms with Crippen molar-refractivity contribution in [2.45, 2.75) is 0 Å². The molecule has 0 unspecified atom stereocenters. The Hall–Kier alpha value is -1.73. The van der Waals surface area contributed by atoms with E-state index in [1.54, 1.807) is 32.4 Å². The molecule has 0 saturated carbocycles. The minimum Gasteiger partial charge on any atom is -0.383 e. The van der Waals surface area contributed by atoms with Crippen LogP contribution in [0.2, 0.25) is 0 Å². The lowest BCUT2D eigenvalue weighted by atomic mass is 10.3. The molecule has 2 N–H and O–H groups in total. The molecule has 0 bridgehead atoms. The van der Waals surface area contributed by atoms with Gasteiger partial charge in [-0.3, -0.25) is 4.79 Å². The van der Waals surface area contributed by atoms with E-state index in [0.29, 0.717) is 13.2 Å². The van der Waals surface area contributed by atoms with Crippen molar-refractivity contribution in [3.8, 4) is 0 Å². The minimum atomic E-state index is -0.396. The Bertz CT molecular complexity index is 471. The van der Waals surface area contributed by atoms with E-state index in [1.165, 1.54) is 11.0 Å². The summed E-state index contributed by atoms with van der Waals surface area (Å²) in [5.74, 6) is -0.574. The normalized spacial score (nSPS) is 9.95. The second-order valence-electron chi connectivity index (χ2n) is 4.11. The third-order valence-corrected chi connectivity index (χ3v) is 2.89. The molecular weight excluding hydrogens is 281 g/mol. The molecule has 0 heterocycles. The monoisotopic (exact) mass is 299 g/mol. The van der Waals surface area contributed by atoms with Gasteiger partial charge in [-0.2, -0.15) is 0 Å². The van der Waals surface area contributed by atoms with Crippen molar-refractivity contribution in [1.29, 1.82) is 0 Å². The van der Waals surface area contributed by atoms with E-state index in [-0.39, 0.29) is 23.3 Å². The van der Waals surface area contributed by atoms with Gasteiger partial charge >= 0.3 is 0 Å². The predicted molar refractivity (Wildman–Crippen MR) is 80.1 cm³/mol. The van der Waals surface area contributed by atoms with E-state index in [0.717, 1.165) is 0 Å². The largest absolute Gasteiger partial charge is 0.383 e. The number of ether oxygens (including phenoxy) is 1. The molecule has 0 aliphatic carbocycles. The number of para-hydroxylation sites is 1. The van der Waals surface area contributed by atoms with Crippen LogP contribution in [0.15, 0.2) is 24.3 Å². The molecule has 20 heavy (non-hydrogen) atoms. The number of rotatable bonds is 6. The van der Waals surface area contributed by atoms with Gasteiger partial charge in [-0.25, -0.2) is 4.39 Å². The van der Waals surface area contributed by atoms with Crippen LogP contribution in [0.4, 0.5) is 10.1 Å². The number of benzene rings is 1. The van der Waals surface area contributed by atoms with E-state index >= 15 is 0 Å². The van der Waals surface area contributed by atoms with Crippen LogP contribution < -0.4 is 10.6 Å². The Morgan fingerprint density at radius 1 is 1.45 bits per heavy atom. The van der Waals surface area contributed by atoms with Crippen molar-refractivity contribution >= 4 is 28.9 Å². The Labute approximate surface area is 123 Å². The molecule has 0 radical (unpaired) electrons. The number of halogens is 1. The third kappa shape index (κ3) is 5.50. The topological polar surface area (TPSA) is 53.6 Å². The fourth-order valence-electron chi connectivity index (χ4n) is 1.41. The average Bonchev–Trinajstić information content (AvgIpc) is 2.41. The molecule has 1 rings (SSSR count). The first-order chi connectivity index (χ1) is 9.54. The first-order valence-electron chi connectivity index (χ1n) is 6.07. The molecule has 7 heteroatoms. The van der Waals surface area contributed by atoms with Gasteiger partial charge in [0.05, 0.1) is 18.8 Å². The Balaban J connectivity index is 2.43. The maximum Gasteiger partial charge on any atom is 0.239 e. The quantitative estimate of drug-likeness (QED) is 0.611. The fourth-order valence-corrected chi connectivity index (χ4v) is 1.58. The van der Waals surface area contributed by atoms with Crippen molar-refractivity contribution in [3.63, 3.8) is 0 Å². The number of nitrogens with one attached hydrogen (secondary N) is 2. The smallest absolute Gasteiger partial charge is 0.239 e. The summed E-state index contributed by atoms with van der Waals surface area (Å²) < 4.78 is 18.3. The predicted octanol–water partition coefficient (Wildman–Crippen LogP) is 1.22. The van der Waals surface area contributed by atoms with Crippen LogP contribution in [0.5, 0.6) is 0 Å². The zero-order chi connectivity index (χ0) is 15.0. The maximum absolute atomic E-state index is 13.4. The lowest BCUT2D eigenvalue weighted by molar-refractivity contribution is -0.121. The highest BCUT2D eigenvalue weighted by Gasteiger charge is 2.11. The number of thiocarbonyl (C=S) groups is 1. The highest BCUT2D eigenvalue weighted by molar-refractivity contribution is 7.80. The van der Waals surface area contributed by atoms with E-state index < -0.39 is 5.82 Å². The molecule has 0 fully saturated rings. The van der Waals surface area contributed by atoms with Crippen molar-refractivity contribution in [2.24, 2.45) is 0 Å². The second kappa shape index (κ2) is 8.44. The summed E-state index contributed by atoms with van der Waals surface area (Å²) in [7, 11) is 3.22. The number of amides is 1. The van der Waals surface area contributed by atoms with Gasteiger partial charge in [-0.1, -0.05) is 12.1 Å². The fraction of sp³-hybridized carbons (Fsp3) is 0.385. The van der Waals surface area contributed by atoms with E-state index in [2.05, 4.69) is 10.6 Å². The minimum absolute atomic E-state index is 0.0873. The first-order valence-corrected chi connectivity index (χ1v) is 6.47. The van der Waals surface area contributed by atoms with E-state index in [1.807, 2.05) is 0 Å². The van der Waals surface area contributed by atoms with Gasteiger partial charge in [0.2, 0.25) is 5.91 Å². The van der Waals surface area contributed by atoms with Crippen molar-refractivity contribution in [3.05, 3.63) is 30.1 Å². The molecule has 0 aliphatic heterocycles. The number of anilines is 1. The standard InChI is InChI=1S/C13H18FN3O2S/c1-17(9-12(18)15-7-8-19-2)13(20)16-11-6-4-3-5-10(11)14/h3-6H,7-9H2,1-2H3,(H,15,18)(H,16,20). The summed E-state index contributed by atoms with van der Waals surface area (Å²) in [6, 6.07) is 6.21. The van der Waals surface area contributed by atoms with Gasteiger partial charge in [0, 0.05) is 20.7 Å². The highest BCUT2D eigenvalue weighted by atomic mass is 32.1. The van der Waals surface area contributed by atoms with Gasteiger partial charge in [0.25, 0.3) is 0 Å². The van der Waals surface area contributed by atoms with E-state index in [9.17, 15) is 9.18 Å². The average molecular weight is 299 g/mol. The number of hydrogen-bond donors (Lipinski definition) is 2.